The molecule has 1 unspecified atom stereocenters. The molecule has 1 aromatic rings. The highest BCUT2D eigenvalue weighted by atomic mass is 16.2. The molecule has 0 aliphatic rings. The van der Waals surface area contributed by atoms with Crippen molar-refractivity contribution in [2.75, 3.05) is 25.0 Å². The van der Waals surface area contributed by atoms with Gasteiger partial charge in [0.15, 0.2) is 0 Å². The van der Waals surface area contributed by atoms with Crippen LogP contribution in [0.2, 0.25) is 0 Å². The van der Waals surface area contributed by atoms with Crippen LogP contribution < -0.4 is 16.0 Å². The number of carbonyl (C=O) groups excluding carboxylic acids is 1. The number of carbonyl (C=O) groups is 1. The highest BCUT2D eigenvalue weighted by Gasteiger charge is 2.10. The summed E-state index contributed by atoms with van der Waals surface area (Å²) in [6.07, 6.45) is 3.06. The maximum atomic E-state index is 11.6. The Morgan fingerprint density at radius 3 is 2.79 bits per heavy atom. The van der Waals surface area contributed by atoms with Crippen molar-refractivity contribution in [2.45, 2.75) is 18.9 Å². The van der Waals surface area contributed by atoms with Gasteiger partial charge in [-0.1, -0.05) is 24.3 Å². The first-order valence-corrected chi connectivity index (χ1v) is 6.55. The van der Waals surface area contributed by atoms with E-state index in [1.54, 1.807) is 6.08 Å². The molecule has 19 heavy (non-hydrogen) atoms. The fourth-order valence-electron chi connectivity index (χ4n) is 1.76. The lowest BCUT2D eigenvalue weighted by atomic mass is 10.2. The van der Waals surface area contributed by atoms with Gasteiger partial charge >= 0.3 is 0 Å². The first-order chi connectivity index (χ1) is 9.15. The van der Waals surface area contributed by atoms with E-state index >= 15 is 0 Å². The maximum Gasteiger partial charge on any atom is 0.237 e. The molecule has 4 heteroatoms. The van der Waals surface area contributed by atoms with Gasteiger partial charge in [0.25, 0.3) is 0 Å². The van der Waals surface area contributed by atoms with E-state index in [0.29, 0.717) is 13.0 Å². The second kappa shape index (κ2) is 8.32. The zero-order valence-electron chi connectivity index (χ0n) is 11.5. The van der Waals surface area contributed by atoms with E-state index in [0.717, 1.165) is 13.0 Å². The molecular formula is C15H23N3O. The topological polar surface area (TPSA) is 58.4 Å². The van der Waals surface area contributed by atoms with Gasteiger partial charge < -0.3 is 16.0 Å². The molecule has 0 aliphatic heterocycles. The molecule has 0 saturated heterocycles. The van der Waals surface area contributed by atoms with E-state index in [1.165, 1.54) is 5.69 Å². The SMILES string of the molecule is C=CCC(N)C(=O)NCCCN(C)c1ccccc1. The van der Waals surface area contributed by atoms with Crippen LogP contribution in [-0.2, 0) is 4.79 Å². The Hall–Kier alpha value is -1.81. The number of anilines is 1. The number of para-hydroxylation sites is 1. The van der Waals surface area contributed by atoms with Crippen molar-refractivity contribution in [3.8, 4) is 0 Å². The summed E-state index contributed by atoms with van der Waals surface area (Å²) in [7, 11) is 2.04. The number of hydrogen-bond donors (Lipinski definition) is 2. The summed E-state index contributed by atoms with van der Waals surface area (Å²) < 4.78 is 0. The van der Waals surface area contributed by atoms with Crippen LogP contribution in [0.4, 0.5) is 5.69 Å². The standard InChI is InChI=1S/C15H23N3O/c1-3-8-14(16)15(19)17-11-7-12-18(2)13-9-5-4-6-10-13/h3-6,9-10,14H,1,7-8,11-12,16H2,2H3,(H,17,19). The molecule has 0 saturated carbocycles. The highest BCUT2D eigenvalue weighted by molar-refractivity contribution is 5.81. The zero-order chi connectivity index (χ0) is 14.1. The number of nitrogens with one attached hydrogen (secondary N) is 1. The molecule has 0 bridgehead atoms. The minimum Gasteiger partial charge on any atom is -0.375 e. The van der Waals surface area contributed by atoms with Crippen LogP contribution in [-0.4, -0.2) is 32.1 Å². The van der Waals surface area contributed by atoms with Crippen LogP contribution >= 0.6 is 0 Å². The third-order valence-electron chi connectivity index (χ3n) is 2.92. The lowest BCUT2D eigenvalue weighted by Crippen LogP contribution is -2.41. The van der Waals surface area contributed by atoms with Gasteiger partial charge in [-0.15, -0.1) is 6.58 Å². The minimum atomic E-state index is -0.482. The number of amides is 1. The summed E-state index contributed by atoms with van der Waals surface area (Å²) in [6.45, 7) is 5.10. The molecule has 0 spiro atoms. The van der Waals surface area contributed by atoms with E-state index in [2.05, 4.69) is 28.9 Å². The van der Waals surface area contributed by atoms with E-state index in [1.807, 2.05) is 25.2 Å². The smallest absolute Gasteiger partial charge is 0.237 e. The van der Waals surface area contributed by atoms with Crippen LogP contribution in [0.15, 0.2) is 43.0 Å². The fraction of sp³-hybridized carbons (Fsp3) is 0.400. The summed E-state index contributed by atoms with van der Waals surface area (Å²) >= 11 is 0. The largest absolute Gasteiger partial charge is 0.375 e. The van der Waals surface area contributed by atoms with Crippen LogP contribution in [0, 0.1) is 0 Å². The summed E-state index contributed by atoms with van der Waals surface area (Å²) in [4.78, 5) is 13.7. The molecule has 0 fully saturated rings. The average molecular weight is 261 g/mol. The van der Waals surface area contributed by atoms with Crippen LogP contribution in [0.25, 0.3) is 0 Å². The quantitative estimate of drug-likeness (QED) is 0.551. The zero-order valence-corrected chi connectivity index (χ0v) is 11.5. The van der Waals surface area contributed by atoms with Crippen molar-refractivity contribution in [3.63, 3.8) is 0 Å². The molecule has 4 nitrogen and oxygen atoms in total. The number of rotatable bonds is 8. The molecule has 3 N–H and O–H groups in total. The Bertz CT molecular complexity index is 392. The summed E-state index contributed by atoms with van der Waals surface area (Å²) in [6, 6.07) is 9.68. The van der Waals surface area contributed by atoms with Crippen LogP contribution in [0.3, 0.4) is 0 Å². The molecule has 0 heterocycles. The Labute approximate surface area is 115 Å². The van der Waals surface area contributed by atoms with Gasteiger partial charge in [0.05, 0.1) is 6.04 Å². The predicted octanol–water partition coefficient (Wildman–Crippen LogP) is 1.53. The fourth-order valence-corrected chi connectivity index (χ4v) is 1.76. The molecule has 0 aliphatic carbocycles. The monoisotopic (exact) mass is 261 g/mol. The van der Waals surface area contributed by atoms with Gasteiger partial charge in [0.1, 0.15) is 0 Å². The van der Waals surface area contributed by atoms with Crippen LogP contribution in [0.5, 0.6) is 0 Å². The number of nitrogens with two attached hydrogens (primary N) is 1. The maximum absolute atomic E-state index is 11.6. The Balaban J connectivity index is 2.20. The van der Waals surface area contributed by atoms with Crippen molar-refractivity contribution in [2.24, 2.45) is 5.73 Å². The molecule has 1 rings (SSSR count). The second-order valence-electron chi connectivity index (χ2n) is 4.53. The number of hydrogen-bond acceptors (Lipinski definition) is 3. The molecule has 0 radical (unpaired) electrons. The van der Waals surface area contributed by atoms with E-state index < -0.39 is 6.04 Å². The van der Waals surface area contributed by atoms with Gasteiger partial charge in [-0.2, -0.15) is 0 Å². The molecule has 1 atom stereocenters. The van der Waals surface area contributed by atoms with E-state index in [9.17, 15) is 4.79 Å². The lowest BCUT2D eigenvalue weighted by Gasteiger charge is -2.19. The highest BCUT2D eigenvalue weighted by Crippen LogP contribution is 2.10. The second-order valence-corrected chi connectivity index (χ2v) is 4.53. The Kier molecular flexibility index (Phi) is 6.68. The van der Waals surface area contributed by atoms with Crippen molar-refractivity contribution < 1.29 is 4.79 Å². The van der Waals surface area contributed by atoms with Gasteiger partial charge in [-0.05, 0) is 25.0 Å². The van der Waals surface area contributed by atoms with E-state index in [4.69, 9.17) is 5.73 Å². The number of nitrogens with zero attached hydrogens (tertiary/aromatic N) is 1. The number of benzene rings is 1. The first-order valence-electron chi connectivity index (χ1n) is 6.55. The van der Waals surface area contributed by atoms with Gasteiger partial charge in [0, 0.05) is 25.8 Å². The van der Waals surface area contributed by atoms with Gasteiger partial charge in [-0.25, -0.2) is 0 Å². The summed E-state index contributed by atoms with van der Waals surface area (Å²) in [5.74, 6) is -0.109. The van der Waals surface area contributed by atoms with Gasteiger partial charge in [-0.3, -0.25) is 4.79 Å². The van der Waals surface area contributed by atoms with Crippen molar-refractivity contribution in [3.05, 3.63) is 43.0 Å². The molecule has 1 aromatic carbocycles. The Morgan fingerprint density at radius 1 is 1.47 bits per heavy atom. The normalized spacial score (nSPS) is 11.7. The molecule has 104 valence electrons. The third-order valence-corrected chi connectivity index (χ3v) is 2.92. The summed E-state index contributed by atoms with van der Waals surface area (Å²) in [5.41, 5.74) is 6.85. The molecule has 0 aromatic heterocycles. The molecule has 1 amide bonds. The van der Waals surface area contributed by atoms with E-state index in [-0.39, 0.29) is 5.91 Å². The Morgan fingerprint density at radius 2 is 2.16 bits per heavy atom. The van der Waals surface area contributed by atoms with Gasteiger partial charge in [0.2, 0.25) is 5.91 Å². The summed E-state index contributed by atoms with van der Waals surface area (Å²) in [5, 5.41) is 2.84. The minimum absolute atomic E-state index is 0.109. The average Bonchev–Trinajstić information content (AvgIpc) is 2.44. The van der Waals surface area contributed by atoms with Crippen molar-refractivity contribution >= 4 is 11.6 Å². The molecular weight excluding hydrogens is 238 g/mol. The van der Waals surface area contributed by atoms with Crippen molar-refractivity contribution in [1.29, 1.82) is 0 Å². The first kappa shape index (κ1) is 15.2. The lowest BCUT2D eigenvalue weighted by molar-refractivity contribution is -0.122. The predicted molar refractivity (Wildman–Crippen MR) is 80.1 cm³/mol. The third kappa shape index (κ3) is 5.57. The van der Waals surface area contributed by atoms with Crippen molar-refractivity contribution in [1.82, 2.24) is 5.32 Å². The van der Waals surface area contributed by atoms with Crippen LogP contribution in [0.1, 0.15) is 12.8 Å².